The average Bonchev–Trinajstić information content (AvgIpc) is 3.51. The fourth-order valence-corrected chi connectivity index (χ4v) is 13.4. The number of aliphatic hydroxyl groups is 10. The van der Waals surface area contributed by atoms with Crippen LogP contribution in [-0.4, -0.2) is 150 Å². The molecule has 0 aromatic heterocycles. The normalized spacial score (nSPS) is 52.6. The molecule has 324 valence electrons. The van der Waals surface area contributed by atoms with E-state index in [0.717, 1.165) is 19.3 Å². The lowest BCUT2D eigenvalue weighted by atomic mass is 9.34. The zero-order valence-corrected chi connectivity index (χ0v) is 34.6. The lowest BCUT2D eigenvalue weighted by Gasteiger charge is -2.72. The number of fused-ring (bicyclic) bond motifs is 5. The van der Waals surface area contributed by atoms with Crippen LogP contribution in [-0.2, 0) is 18.9 Å². The van der Waals surface area contributed by atoms with E-state index in [4.69, 9.17) is 18.9 Å². The fraction of sp³-hybridized carbons (Fsp3) is 0.952. The minimum Gasteiger partial charge on any atom is -0.394 e. The van der Waals surface area contributed by atoms with Crippen LogP contribution in [0.1, 0.15) is 107 Å². The van der Waals surface area contributed by atoms with Gasteiger partial charge in [0.2, 0.25) is 0 Å². The Morgan fingerprint density at radius 2 is 1.38 bits per heavy atom. The lowest BCUT2D eigenvalue weighted by molar-refractivity contribution is -0.383. The van der Waals surface area contributed by atoms with E-state index in [2.05, 4.69) is 26.8 Å². The minimum atomic E-state index is -1.81. The molecule has 14 heteroatoms. The van der Waals surface area contributed by atoms with E-state index in [0.29, 0.717) is 32.1 Å². The lowest BCUT2D eigenvalue weighted by Crippen LogP contribution is -2.71. The van der Waals surface area contributed by atoms with E-state index in [-0.39, 0.29) is 23.7 Å². The van der Waals surface area contributed by atoms with Crippen LogP contribution in [0.4, 0.5) is 0 Å². The summed E-state index contributed by atoms with van der Waals surface area (Å²) in [4.78, 5) is 0. The van der Waals surface area contributed by atoms with Gasteiger partial charge in [-0.3, -0.25) is 0 Å². The molecular formula is C42H72O14. The highest BCUT2D eigenvalue weighted by Crippen LogP contribution is 2.76. The summed E-state index contributed by atoms with van der Waals surface area (Å²) in [6.07, 6.45) is -10.6. The molecule has 10 N–H and O–H groups in total. The van der Waals surface area contributed by atoms with Crippen LogP contribution in [0.3, 0.4) is 0 Å². The number of hydrogen-bond donors (Lipinski definition) is 10. The van der Waals surface area contributed by atoms with Crippen molar-refractivity contribution in [3.63, 3.8) is 0 Å². The molecule has 14 nitrogen and oxygen atoms in total. The maximum absolute atomic E-state index is 12.3. The van der Waals surface area contributed by atoms with Crippen LogP contribution in [0, 0.1) is 45.3 Å². The third-order valence-corrected chi connectivity index (χ3v) is 16.5. The summed E-state index contributed by atoms with van der Waals surface area (Å²) in [5, 5.41) is 110. The summed E-state index contributed by atoms with van der Waals surface area (Å²) in [5.41, 5.74) is -1.85. The summed E-state index contributed by atoms with van der Waals surface area (Å²) < 4.78 is 24.9. The molecule has 21 atom stereocenters. The van der Waals surface area contributed by atoms with Gasteiger partial charge in [0.25, 0.3) is 0 Å². The molecule has 6 fully saturated rings. The van der Waals surface area contributed by atoms with E-state index < -0.39 is 120 Å². The van der Waals surface area contributed by atoms with Crippen molar-refractivity contribution in [3.8, 4) is 0 Å². The van der Waals surface area contributed by atoms with Crippen molar-refractivity contribution < 1.29 is 70.0 Å². The van der Waals surface area contributed by atoms with Gasteiger partial charge in [-0.2, -0.15) is 0 Å². The van der Waals surface area contributed by atoms with Gasteiger partial charge in [0.1, 0.15) is 48.8 Å². The first-order valence-electron chi connectivity index (χ1n) is 21.0. The van der Waals surface area contributed by atoms with Crippen LogP contribution in [0.15, 0.2) is 11.6 Å². The Kier molecular flexibility index (Phi) is 12.7. The second kappa shape index (κ2) is 15.9. The van der Waals surface area contributed by atoms with Gasteiger partial charge in [0, 0.05) is 0 Å². The maximum atomic E-state index is 12.3. The van der Waals surface area contributed by atoms with E-state index in [9.17, 15) is 51.1 Å². The molecule has 0 bridgehead atoms. The predicted molar refractivity (Wildman–Crippen MR) is 202 cm³/mol. The van der Waals surface area contributed by atoms with Crippen LogP contribution in [0.5, 0.6) is 0 Å². The van der Waals surface area contributed by atoms with Gasteiger partial charge in [0.15, 0.2) is 12.6 Å². The van der Waals surface area contributed by atoms with Gasteiger partial charge in [-0.05, 0) is 117 Å². The molecule has 14 unspecified atom stereocenters. The Hall–Kier alpha value is -0.820. The van der Waals surface area contributed by atoms with E-state index in [1.165, 1.54) is 5.57 Å². The second-order valence-corrected chi connectivity index (χ2v) is 20.3. The number of hydrogen-bond acceptors (Lipinski definition) is 14. The molecule has 2 aliphatic heterocycles. The van der Waals surface area contributed by atoms with Crippen molar-refractivity contribution in [2.45, 2.75) is 192 Å². The third kappa shape index (κ3) is 7.16. The predicted octanol–water partition coefficient (Wildman–Crippen LogP) is 1.12. The number of allylic oxidation sites excluding steroid dienone is 2. The maximum Gasteiger partial charge on any atom is 0.187 e. The quantitative estimate of drug-likeness (QED) is 0.110. The van der Waals surface area contributed by atoms with Gasteiger partial charge < -0.3 is 70.0 Å². The van der Waals surface area contributed by atoms with Gasteiger partial charge in [-0.25, -0.2) is 0 Å². The molecule has 0 radical (unpaired) electrons. The standard InChI is InChI=1S/C42H72O14/c1-20(2)10-9-13-42(8,52)21-11-15-40(6)28(21)22(45)16-26-39(5)14-12-27(46)38(3,4)35(39)23(17-41(26,40)7)53-37-34(32(50)30(48)25(19-44)55-37)56-36-33(51)31(49)29(47)24(18-43)54-36/h10,21-37,43-52H,9,11-19H2,1-8H3/t21?,22?,23?,24?,25?,26-,27?,28+,29?,30?,31?,32?,33?,34?,35+,36?,37?,39-,40-,41-,42+/m1/s1. The van der Waals surface area contributed by atoms with Crippen molar-refractivity contribution in [2.75, 3.05) is 13.2 Å². The van der Waals surface area contributed by atoms with Crippen LogP contribution in [0.25, 0.3) is 0 Å². The third-order valence-electron chi connectivity index (χ3n) is 16.5. The highest BCUT2D eigenvalue weighted by atomic mass is 16.8. The van der Waals surface area contributed by atoms with Crippen LogP contribution >= 0.6 is 0 Å². The van der Waals surface area contributed by atoms with Gasteiger partial charge in [-0.15, -0.1) is 0 Å². The van der Waals surface area contributed by atoms with Crippen molar-refractivity contribution in [1.82, 2.24) is 0 Å². The molecular weight excluding hydrogens is 728 g/mol. The van der Waals surface area contributed by atoms with E-state index in [1.54, 1.807) is 0 Å². The summed E-state index contributed by atoms with van der Waals surface area (Å²) in [6.45, 7) is 15.5. The van der Waals surface area contributed by atoms with Crippen molar-refractivity contribution in [1.29, 1.82) is 0 Å². The first-order valence-corrected chi connectivity index (χ1v) is 21.0. The molecule has 0 spiro atoms. The molecule has 56 heavy (non-hydrogen) atoms. The van der Waals surface area contributed by atoms with Crippen molar-refractivity contribution >= 4 is 0 Å². The Bertz CT molecular complexity index is 1400. The summed E-state index contributed by atoms with van der Waals surface area (Å²) in [7, 11) is 0. The average molecular weight is 801 g/mol. The van der Waals surface area contributed by atoms with Gasteiger partial charge in [-0.1, -0.05) is 46.3 Å². The molecule has 4 saturated carbocycles. The molecule has 2 heterocycles. The van der Waals surface area contributed by atoms with E-state index >= 15 is 0 Å². The number of rotatable bonds is 10. The SMILES string of the molecule is CC(C)=CCC[C@](C)(O)C1CC[C@]2(C)[C@@H]1C(O)C[C@@H]1[C@@]3(C)CCC(O)C(C)(C)[C@@H]3C(OC3OC(CO)C(O)C(O)C3OC3OC(CO)C(O)C(O)C3O)C[C@]12C. The zero-order valence-electron chi connectivity index (χ0n) is 34.6. The Balaban J connectivity index is 1.38. The van der Waals surface area contributed by atoms with Crippen molar-refractivity contribution in [3.05, 3.63) is 11.6 Å². The molecule has 0 amide bonds. The van der Waals surface area contributed by atoms with Crippen LogP contribution < -0.4 is 0 Å². The minimum absolute atomic E-state index is 0.0169. The molecule has 6 aliphatic rings. The number of ether oxygens (including phenoxy) is 4. The molecule has 2 saturated heterocycles. The second-order valence-electron chi connectivity index (χ2n) is 20.3. The summed E-state index contributed by atoms with van der Waals surface area (Å²) in [6, 6.07) is 0. The van der Waals surface area contributed by atoms with Crippen LogP contribution in [0.2, 0.25) is 0 Å². The molecule has 4 aliphatic carbocycles. The number of aliphatic hydroxyl groups excluding tert-OH is 9. The highest BCUT2D eigenvalue weighted by Gasteiger charge is 2.73. The molecule has 0 aromatic rings. The molecule has 6 rings (SSSR count). The zero-order chi connectivity index (χ0) is 41.5. The van der Waals surface area contributed by atoms with E-state index in [1.807, 2.05) is 34.6 Å². The van der Waals surface area contributed by atoms with Crippen molar-refractivity contribution in [2.24, 2.45) is 45.3 Å². The summed E-state index contributed by atoms with van der Waals surface area (Å²) >= 11 is 0. The Morgan fingerprint density at radius 1 is 0.768 bits per heavy atom. The Morgan fingerprint density at radius 3 is 1.98 bits per heavy atom. The topological polar surface area (TPSA) is 239 Å². The van der Waals surface area contributed by atoms with Gasteiger partial charge in [0.05, 0.1) is 37.1 Å². The Labute approximate surface area is 331 Å². The first-order chi connectivity index (χ1) is 26.0. The smallest absolute Gasteiger partial charge is 0.187 e. The largest absolute Gasteiger partial charge is 0.394 e. The highest BCUT2D eigenvalue weighted by molar-refractivity contribution is 5.22. The monoisotopic (exact) mass is 800 g/mol. The van der Waals surface area contributed by atoms with Gasteiger partial charge >= 0.3 is 0 Å². The molecule has 0 aromatic carbocycles. The summed E-state index contributed by atoms with van der Waals surface area (Å²) in [5.74, 6) is -0.623. The fourth-order valence-electron chi connectivity index (χ4n) is 13.4. The first kappa shape index (κ1) is 44.7.